The van der Waals surface area contributed by atoms with Gasteiger partial charge in [-0.15, -0.1) is 0 Å². The maximum Gasteiger partial charge on any atom is 0.182 e. The standard InChI is InChI=1S/C11H11ClN2OS/c1-7-6-13-11(16)14(7)8-3-4-10(15-2)9(12)5-8/h3-6H,1-2H3,(H,13,16). The fourth-order valence-electron chi connectivity index (χ4n) is 1.57. The molecule has 0 fully saturated rings. The quantitative estimate of drug-likeness (QED) is 0.832. The lowest BCUT2D eigenvalue weighted by Gasteiger charge is -2.08. The fraction of sp³-hybridized carbons (Fsp3) is 0.182. The van der Waals surface area contributed by atoms with E-state index >= 15 is 0 Å². The molecule has 0 saturated heterocycles. The molecule has 0 aliphatic carbocycles. The van der Waals surface area contributed by atoms with E-state index < -0.39 is 0 Å². The van der Waals surface area contributed by atoms with E-state index in [-0.39, 0.29) is 0 Å². The van der Waals surface area contributed by atoms with Crippen molar-refractivity contribution in [3.05, 3.63) is 39.9 Å². The topological polar surface area (TPSA) is 29.9 Å². The first kappa shape index (κ1) is 11.2. The molecule has 0 saturated carbocycles. The Labute approximate surface area is 104 Å². The van der Waals surface area contributed by atoms with E-state index in [1.807, 2.05) is 35.9 Å². The van der Waals surface area contributed by atoms with Crippen LogP contribution < -0.4 is 4.74 Å². The van der Waals surface area contributed by atoms with Gasteiger partial charge in [0.05, 0.1) is 12.1 Å². The summed E-state index contributed by atoms with van der Waals surface area (Å²) in [4.78, 5) is 2.99. The second-order valence-corrected chi connectivity index (χ2v) is 4.18. The van der Waals surface area contributed by atoms with Gasteiger partial charge in [0.2, 0.25) is 0 Å². The lowest BCUT2D eigenvalue weighted by Crippen LogP contribution is -1.96. The van der Waals surface area contributed by atoms with Crippen LogP contribution in [0.5, 0.6) is 5.75 Å². The van der Waals surface area contributed by atoms with Crippen LogP contribution in [0.2, 0.25) is 5.02 Å². The Morgan fingerprint density at radius 2 is 2.19 bits per heavy atom. The summed E-state index contributed by atoms with van der Waals surface area (Å²) in [6, 6.07) is 5.57. The van der Waals surface area contributed by atoms with Gasteiger partial charge in [-0.05, 0) is 37.3 Å². The van der Waals surface area contributed by atoms with Crippen molar-refractivity contribution in [2.75, 3.05) is 7.11 Å². The normalized spacial score (nSPS) is 10.4. The zero-order valence-electron chi connectivity index (χ0n) is 8.95. The van der Waals surface area contributed by atoms with Gasteiger partial charge in [-0.2, -0.15) is 0 Å². The average Bonchev–Trinajstić information content (AvgIpc) is 2.58. The monoisotopic (exact) mass is 254 g/mol. The Morgan fingerprint density at radius 3 is 2.69 bits per heavy atom. The van der Waals surface area contributed by atoms with Gasteiger partial charge in [-0.25, -0.2) is 0 Å². The predicted octanol–water partition coefficient (Wildman–Crippen LogP) is 3.51. The first-order valence-corrected chi connectivity index (χ1v) is 5.53. The van der Waals surface area contributed by atoms with E-state index in [4.69, 9.17) is 28.6 Å². The molecule has 0 aliphatic heterocycles. The number of halogens is 1. The molecular weight excluding hydrogens is 244 g/mol. The summed E-state index contributed by atoms with van der Waals surface area (Å²) in [5.74, 6) is 0.658. The number of nitrogens with zero attached hydrogens (tertiary/aromatic N) is 1. The number of aromatic amines is 1. The van der Waals surface area contributed by atoms with Crippen molar-refractivity contribution >= 4 is 23.8 Å². The molecule has 0 radical (unpaired) electrons. The van der Waals surface area contributed by atoms with Gasteiger partial charge in [0.25, 0.3) is 0 Å². The Hall–Kier alpha value is -1.26. The van der Waals surface area contributed by atoms with Gasteiger partial charge in [0, 0.05) is 17.6 Å². The van der Waals surface area contributed by atoms with Crippen LogP contribution in [0.3, 0.4) is 0 Å². The van der Waals surface area contributed by atoms with Crippen LogP contribution in [-0.2, 0) is 0 Å². The number of hydrogen-bond acceptors (Lipinski definition) is 2. The van der Waals surface area contributed by atoms with Gasteiger partial charge < -0.3 is 9.72 Å². The SMILES string of the molecule is COc1ccc(-n2c(C)c[nH]c2=S)cc1Cl. The van der Waals surface area contributed by atoms with Crippen molar-refractivity contribution in [3.63, 3.8) is 0 Å². The minimum Gasteiger partial charge on any atom is -0.495 e. The Balaban J connectivity index is 2.58. The molecule has 0 amide bonds. The van der Waals surface area contributed by atoms with E-state index in [0.29, 0.717) is 15.5 Å². The van der Waals surface area contributed by atoms with Crippen LogP contribution in [-0.4, -0.2) is 16.7 Å². The third kappa shape index (κ3) is 1.86. The zero-order valence-corrected chi connectivity index (χ0v) is 10.5. The summed E-state index contributed by atoms with van der Waals surface area (Å²) in [7, 11) is 1.59. The van der Waals surface area contributed by atoms with Crippen molar-refractivity contribution in [1.82, 2.24) is 9.55 Å². The maximum atomic E-state index is 6.07. The maximum absolute atomic E-state index is 6.07. The molecule has 0 aliphatic rings. The summed E-state index contributed by atoms with van der Waals surface area (Å²) >= 11 is 11.3. The van der Waals surface area contributed by atoms with Crippen LogP contribution in [0.4, 0.5) is 0 Å². The highest BCUT2D eigenvalue weighted by molar-refractivity contribution is 7.71. The second-order valence-electron chi connectivity index (χ2n) is 3.39. The molecular formula is C11H11ClN2OS. The second kappa shape index (κ2) is 4.31. The van der Waals surface area contributed by atoms with Gasteiger partial charge in [0.15, 0.2) is 4.77 Å². The van der Waals surface area contributed by atoms with Crippen LogP contribution in [0.15, 0.2) is 24.4 Å². The lowest BCUT2D eigenvalue weighted by molar-refractivity contribution is 0.415. The first-order chi connectivity index (χ1) is 7.63. The third-order valence-electron chi connectivity index (χ3n) is 2.35. The fourth-order valence-corrected chi connectivity index (χ4v) is 2.13. The van der Waals surface area contributed by atoms with E-state index in [1.165, 1.54) is 0 Å². The molecule has 1 aromatic heterocycles. The number of methoxy groups -OCH3 is 1. The molecule has 3 nitrogen and oxygen atoms in total. The average molecular weight is 255 g/mol. The number of hydrogen-bond donors (Lipinski definition) is 1. The molecule has 84 valence electrons. The minimum atomic E-state index is 0.572. The van der Waals surface area contributed by atoms with Crippen LogP contribution >= 0.6 is 23.8 Å². The van der Waals surface area contributed by atoms with Crippen molar-refractivity contribution in [1.29, 1.82) is 0 Å². The predicted molar refractivity (Wildman–Crippen MR) is 67.3 cm³/mol. The van der Waals surface area contributed by atoms with Crippen molar-refractivity contribution in [3.8, 4) is 11.4 Å². The van der Waals surface area contributed by atoms with E-state index in [2.05, 4.69) is 4.98 Å². The number of rotatable bonds is 2. The van der Waals surface area contributed by atoms with Gasteiger partial charge in [-0.1, -0.05) is 11.6 Å². The molecule has 2 aromatic rings. The van der Waals surface area contributed by atoms with Crippen molar-refractivity contribution in [2.45, 2.75) is 6.92 Å². The molecule has 1 heterocycles. The van der Waals surface area contributed by atoms with Crippen LogP contribution in [0.25, 0.3) is 5.69 Å². The molecule has 2 rings (SSSR count). The van der Waals surface area contributed by atoms with Crippen molar-refractivity contribution < 1.29 is 4.74 Å². The number of aromatic nitrogens is 2. The number of benzene rings is 1. The molecule has 5 heteroatoms. The summed E-state index contributed by atoms with van der Waals surface area (Å²) in [5, 5.41) is 0.572. The highest BCUT2D eigenvalue weighted by atomic mass is 35.5. The molecule has 0 bridgehead atoms. The highest BCUT2D eigenvalue weighted by Crippen LogP contribution is 2.27. The number of imidazole rings is 1. The van der Waals surface area contributed by atoms with E-state index in [9.17, 15) is 0 Å². The minimum absolute atomic E-state index is 0.572. The van der Waals surface area contributed by atoms with Crippen LogP contribution in [0.1, 0.15) is 5.69 Å². The number of nitrogens with one attached hydrogen (secondary N) is 1. The Bertz CT molecular complexity index is 574. The van der Waals surface area contributed by atoms with Crippen molar-refractivity contribution in [2.24, 2.45) is 0 Å². The molecule has 0 atom stereocenters. The zero-order chi connectivity index (χ0) is 11.7. The van der Waals surface area contributed by atoms with Gasteiger partial charge in [-0.3, -0.25) is 4.57 Å². The number of H-pyrrole nitrogens is 1. The van der Waals surface area contributed by atoms with E-state index in [1.54, 1.807) is 7.11 Å². The van der Waals surface area contributed by atoms with Gasteiger partial charge >= 0.3 is 0 Å². The first-order valence-electron chi connectivity index (χ1n) is 4.74. The third-order valence-corrected chi connectivity index (χ3v) is 2.95. The Kier molecular flexibility index (Phi) is 3.03. The molecule has 1 N–H and O–H groups in total. The Morgan fingerprint density at radius 1 is 1.44 bits per heavy atom. The highest BCUT2D eigenvalue weighted by Gasteiger charge is 2.06. The molecule has 0 unspecified atom stereocenters. The summed E-state index contributed by atoms with van der Waals surface area (Å²) in [6.07, 6.45) is 1.86. The molecule has 1 aromatic carbocycles. The van der Waals surface area contributed by atoms with E-state index in [0.717, 1.165) is 11.4 Å². The summed E-state index contributed by atoms with van der Waals surface area (Å²) in [5.41, 5.74) is 1.96. The summed E-state index contributed by atoms with van der Waals surface area (Å²) < 4.78 is 7.67. The number of aryl methyl sites for hydroxylation is 1. The molecule has 0 spiro atoms. The smallest absolute Gasteiger partial charge is 0.182 e. The van der Waals surface area contributed by atoms with Gasteiger partial charge in [0.1, 0.15) is 5.75 Å². The lowest BCUT2D eigenvalue weighted by atomic mass is 10.3. The van der Waals surface area contributed by atoms with Crippen LogP contribution in [0, 0.1) is 11.7 Å². The molecule has 16 heavy (non-hydrogen) atoms. The summed E-state index contributed by atoms with van der Waals surface area (Å²) in [6.45, 7) is 1.98. The number of ether oxygens (including phenoxy) is 1. The largest absolute Gasteiger partial charge is 0.495 e.